The molecule has 0 radical (unpaired) electrons. The Hall–Kier alpha value is -1.23. The third-order valence-corrected chi connectivity index (χ3v) is 4.64. The van der Waals surface area contributed by atoms with Crippen LogP contribution in [0.25, 0.3) is 0 Å². The fourth-order valence-electron chi connectivity index (χ4n) is 3.63. The number of ether oxygens (including phenoxy) is 1. The van der Waals surface area contributed by atoms with E-state index < -0.39 is 17.5 Å². The Morgan fingerprint density at radius 3 is 2.50 bits per heavy atom. The second kappa shape index (κ2) is 4.65. The summed E-state index contributed by atoms with van der Waals surface area (Å²) in [6, 6.07) is 2.09. The summed E-state index contributed by atoms with van der Waals surface area (Å²) in [5, 5.41) is 3.15. The van der Waals surface area contributed by atoms with Gasteiger partial charge < -0.3 is 10.1 Å². The predicted molar refractivity (Wildman–Crippen MR) is 70.0 cm³/mol. The van der Waals surface area contributed by atoms with Gasteiger partial charge in [-0.3, -0.25) is 0 Å². The highest BCUT2D eigenvalue weighted by atomic mass is 19.2. The second-order valence-electron chi connectivity index (χ2n) is 6.29. The first kappa shape index (κ1) is 13.7. The van der Waals surface area contributed by atoms with Crippen LogP contribution in [-0.2, 0) is 4.74 Å². The summed E-state index contributed by atoms with van der Waals surface area (Å²) in [5.74, 6) is -3.42. The van der Waals surface area contributed by atoms with Crippen LogP contribution in [0.2, 0.25) is 0 Å². The third kappa shape index (κ3) is 1.99. The zero-order chi connectivity index (χ0) is 14.5. The quantitative estimate of drug-likeness (QED) is 0.836. The Balaban J connectivity index is 1.81. The number of hydrogen-bond acceptors (Lipinski definition) is 2. The molecule has 110 valence electrons. The third-order valence-electron chi connectivity index (χ3n) is 4.64. The zero-order valence-corrected chi connectivity index (χ0v) is 11.6. The van der Waals surface area contributed by atoms with E-state index in [1.165, 1.54) is 0 Å². The molecule has 1 saturated heterocycles. The van der Waals surface area contributed by atoms with Gasteiger partial charge in [-0.15, -0.1) is 0 Å². The molecule has 1 saturated carbocycles. The molecule has 2 aliphatic rings. The van der Waals surface area contributed by atoms with Crippen molar-refractivity contribution in [1.82, 2.24) is 0 Å². The molecular weight excluding hydrogens is 267 g/mol. The molecule has 1 aliphatic heterocycles. The van der Waals surface area contributed by atoms with Crippen LogP contribution in [0.4, 0.5) is 18.9 Å². The minimum Gasteiger partial charge on any atom is -0.381 e. The van der Waals surface area contributed by atoms with Crippen LogP contribution in [0.5, 0.6) is 0 Å². The highest BCUT2D eigenvalue weighted by molar-refractivity contribution is 5.47. The Morgan fingerprint density at radius 1 is 1.20 bits per heavy atom. The lowest BCUT2D eigenvalue weighted by Gasteiger charge is -2.60. The molecule has 3 atom stereocenters. The van der Waals surface area contributed by atoms with E-state index in [2.05, 4.69) is 19.2 Å². The molecule has 0 amide bonds. The smallest absolute Gasteiger partial charge is 0.194 e. The van der Waals surface area contributed by atoms with Crippen molar-refractivity contribution in [3.05, 3.63) is 29.6 Å². The number of nitrogens with one attached hydrogen (secondary N) is 1. The number of benzene rings is 1. The highest BCUT2D eigenvalue weighted by Gasteiger charge is 2.57. The maximum Gasteiger partial charge on any atom is 0.194 e. The highest BCUT2D eigenvalue weighted by Crippen LogP contribution is 2.52. The molecule has 1 N–H and O–H groups in total. The molecule has 1 aromatic rings. The Labute approximate surface area is 116 Å². The molecule has 5 heteroatoms. The standard InChI is InChI=1S/C15H18F3NO/c1-15(2)13(9-4-3-5-20-14(9)15)19-8-6-10(16)12(18)11(17)7-8/h6-7,9,13-14,19H,3-5H2,1-2H3. The molecule has 3 rings (SSSR count). The molecule has 2 fully saturated rings. The van der Waals surface area contributed by atoms with Gasteiger partial charge in [-0.1, -0.05) is 13.8 Å². The number of halogens is 3. The van der Waals surface area contributed by atoms with Crippen LogP contribution in [-0.4, -0.2) is 18.8 Å². The first-order chi connectivity index (χ1) is 9.41. The normalized spacial score (nSPS) is 31.4. The SMILES string of the molecule is CC1(C)C(Nc2cc(F)c(F)c(F)c2)C2CCCOC21. The molecule has 0 bridgehead atoms. The lowest BCUT2D eigenvalue weighted by Crippen LogP contribution is -2.67. The van der Waals surface area contributed by atoms with Crippen molar-refractivity contribution < 1.29 is 17.9 Å². The monoisotopic (exact) mass is 285 g/mol. The van der Waals surface area contributed by atoms with Crippen molar-refractivity contribution in [3.63, 3.8) is 0 Å². The van der Waals surface area contributed by atoms with Crippen LogP contribution < -0.4 is 5.32 Å². The van der Waals surface area contributed by atoms with Gasteiger partial charge >= 0.3 is 0 Å². The first-order valence-corrected chi connectivity index (χ1v) is 6.94. The van der Waals surface area contributed by atoms with Gasteiger partial charge in [-0.05, 0) is 12.8 Å². The van der Waals surface area contributed by atoms with E-state index in [1.54, 1.807) is 0 Å². The van der Waals surface area contributed by atoms with Crippen molar-refractivity contribution in [2.75, 3.05) is 11.9 Å². The van der Waals surface area contributed by atoms with E-state index >= 15 is 0 Å². The van der Waals surface area contributed by atoms with Gasteiger partial charge in [0.25, 0.3) is 0 Å². The topological polar surface area (TPSA) is 21.3 Å². The molecule has 1 aliphatic carbocycles. The van der Waals surface area contributed by atoms with Crippen LogP contribution in [0, 0.1) is 28.8 Å². The van der Waals surface area contributed by atoms with Crippen LogP contribution in [0.15, 0.2) is 12.1 Å². The van der Waals surface area contributed by atoms with E-state index in [9.17, 15) is 13.2 Å². The van der Waals surface area contributed by atoms with Gasteiger partial charge in [-0.25, -0.2) is 13.2 Å². The van der Waals surface area contributed by atoms with Crippen LogP contribution in [0.1, 0.15) is 26.7 Å². The number of fused-ring (bicyclic) bond motifs is 1. The predicted octanol–water partition coefficient (Wildman–Crippen LogP) is 3.72. The number of rotatable bonds is 2. The summed E-state index contributed by atoms with van der Waals surface area (Å²) in [7, 11) is 0. The van der Waals surface area contributed by atoms with Crippen molar-refractivity contribution in [3.8, 4) is 0 Å². The summed E-state index contributed by atoms with van der Waals surface area (Å²) in [4.78, 5) is 0. The van der Waals surface area contributed by atoms with E-state index in [0.29, 0.717) is 5.92 Å². The zero-order valence-electron chi connectivity index (χ0n) is 11.6. The van der Waals surface area contributed by atoms with Gasteiger partial charge in [-0.2, -0.15) is 0 Å². The largest absolute Gasteiger partial charge is 0.381 e. The molecule has 1 aromatic carbocycles. The van der Waals surface area contributed by atoms with Crippen molar-refractivity contribution >= 4 is 5.69 Å². The van der Waals surface area contributed by atoms with Gasteiger partial charge in [0.15, 0.2) is 17.5 Å². The van der Waals surface area contributed by atoms with E-state index in [1.807, 2.05) is 0 Å². The minimum atomic E-state index is -1.43. The fraction of sp³-hybridized carbons (Fsp3) is 0.600. The second-order valence-corrected chi connectivity index (χ2v) is 6.29. The number of anilines is 1. The van der Waals surface area contributed by atoms with E-state index in [0.717, 1.165) is 31.6 Å². The summed E-state index contributed by atoms with van der Waals surface area (Å²) in [6.45, 7) is 4.93. The van der Waals surface area contributed by atoms with E-state index in [4.69, 9.17) is 4.74 Å². The molecule has 3 unspecified atom stereocenters. The summed E-state index contributed by atoms with van der Waals surface area (Å²) >= 11 is 0. The molecule has 2 nitrogen and oxygen atoms in total. The summed E-state index contributed by atoms with van der Waals surface area (Å²) in [6.07, 6.45) is 2.23. The van der Waals surface area contributed by atoms with Crippen molar-refractivity contribution in [1.29, 1.82) is 0 Å². The average molecular weight is 285 g/mol. The minimum absolute atomic E-state index is 0.0806. The van der Waals surface area contributed by atoms with Crippen molar-refractivity contribution in [2.24, 2.45) is 11.3 Å². The fourth-order valence-corrected chi connectivity index (χ4v) is 3.63. The van der Waals surface area contributed by atoms with Gasteiger partial charge in [0, 0.05) is 41.8 Å². The Morgan fingerprint density at radius 2 is 1.85 bits per heavy atom. The summed E-state index contributed by atoms with van der Waals surface area (Å²) in [5.41, 5.74) is 0.176. The molecule has 0 aromatic heterocycles. The van der Waals surface area contributed by atoms with Gasteiger partial charge in [0.1, 0.15) is 0 Å². The van der Waals surface area contributed by atoms with Crippen molar-refractivity contribution in [2.45, 2.75) is 38.8 Å². The van der Waals surface area contributed by atoms with E-state index in [-0.39, 0.29) is 23.2 Å². The molecule has 0 spiro atoms. The summed E-state index contributed by atoms with van der Waals surface area (Å²) < 4.78 is 45.3. The Bertz CT molecular complexity index is 509. The maximum atomic E-state index is 13.3. The average Bonchev–Trinajstić information content (AvgIpc) is 2.42. The lowest BCUT2D eigenvalue weighted by atomic mass is 9.55. The van der Waals surface area contributed by atoms with Crippen LogP contribution >= 0.6 is 0 Å². The van der Waals surface area contributed by atoms with Gasteiger partial charge in [0.05, 0.1) is 6.10 Å². The molecule has 20 heavy (non-hydrogen) atoms. The maximum absolute atomic E-state index is 13.3. The Kier molecular flexibility index (Phi) is 3.20. The molecule has 1 heterocycles. The lowest BCUT2D eigenvalue weighted by molar-refractivity contribution is -0.177. The molecular formula is C15H18F3NO. The van der Waals surface area contributed by atoms with Gasteiger partial charge in [0.2, 0.25) is 0 Å². The first-order valence-electron chi connectivity index (χ1n) is 6.94. The van der Waals surface area contributed by atoms with Crippen LogP contribution in [0.3, 0.4) is 0 Å². The number of hydrogen-bond donors (Lipinski definition) is 1.